The number of benzene rings is 1. The van der Waals surface area contributed by atoms with Gasteiger partial charge in [-0.1, -0.05) is 26.0 Å². The van der Waals surface area contributed by atoms with Crippen LogP contribution in [0.1, 0.15) is 44.2 Å². The second-order valence-electron chi connectivity index (χ2n) is 5.61. The SMILES string of the molecule is CCCN(CCC)CCc1ccc2c(c1)CCCN2. The number of fused-ring (bicyclic) bond motifs is 1. The maximum absolute atomic E-state index is 3.48. The highest BCUT2D eigenvalue weighted by molar-refractivity contribution is 5.54. The van der Waals surface area contributed by atoms with Gasteiger partial charge >= 0.3 is 0 Å². The van der Waals surface area contributed by atoms with E-state index < -0.39 is 0 Å². The van der Waals surface area contributed by atoms with Gasteiger partial charge in [-0.25, -0.2) is 0 Å². The zero-order chi connectivity index (χ0) is 13.5. The normalized spacial score (nSPS) is 14.3. The van der Waals surface area contributed by atoms with E-state index in [0.717, 1.165) is 6.54 Å². The van der Waals surface area contributed by atoms with E-state index in [-0.39, 0.29) is 0 Å². The van der Waals surface area contributed by atoms with Crippen LogP contribution in [0, 0.1) is 0 Å². The van der Waals surface area contributed by atoms with Crippen LogP contribution in [-0.2, 0) is 12.8 Å². The summed E-state index contributed by atoms with van der Waals surface area (Å²) in [6, 6.07) is 6.98. The molecular weight excluding hydrogens is 232 g/mol. The number of nitrogens with one attached hydrogen (secondary N) is 1. The Morgan fingerprint density at radius 3 is 2.63 bits per heavy atom. The summed E-state index contributed by atoms with van der Waals surface area (Å²) in [6.07, 6.45) is 6.22. The molecule has 0 radical (unpaired) electrons. The average Bonchev–Trinajstić information content (AvgIpc) is 2.45. The van der Waals surface area contributed by atoms with Gasteiger partial charge in [-0.2, -0.15) is 0 Å². The lowest BCUT2D eigenvalue weighted by Crippen LogP contribution is -2.27. The van der Waals surface area contributed by atoms with Gasteiger partial charge in [0, 0.05) is 18.8 Å². The second kappa shape index (κ2) is 7.54. The predicted molar refractivity (Wildman–Crippen MR) is 84.0 cm³/mol. The van der Waals surface area contributed by atoms with Crippen molar-refractivity contribution in [2.75, 3.05) is 31.5 Å². The summed E-state index contributed by atoms with van der Waals surface area (Å²) >= 11 is 0. The first kappa shape index (κ1) is 14.4. The van der Waals surface area contributed by atoms with Crippen molar-refractivity contribution in [3.63, 3.8) is 0 Å². The molecular formula is C17H28N2. The van der Waals surface area contributed by atoms with Gasteiger partial charge in [-0.05, 0) is 62.4 Å². The first-order chi connectivity index (χ1) is 9.33. The molecule has 1 aromatic carbocycles. The Kier molecular flexibility index (Phi) is 5.71. The second-order valence-corrected chi connectivity index (χ2v) is 5.61. The summed E-state index contributed by atoms with van der Waals surface area (Å²) < 4.78 is 0. The van der Waals surface area contributed by atoms with Crippen molar-refractivity contribution in [3.8, 4) is 0 Å². The van der Waals surface area contributed by atoms with E-state index in [1.54, 1.807) is 0 Å². The van der Waals surface area contributed by atoms with Crippen molar-refractivity contribution in [1.82, 2.24) is 4.90 Å². The molecule has 1 heterocycles. The Bertz CT molecular complexity index is 381. The van der Waals surface area contributed by atoms with Crippen molar-refractivity contribution in [1.29, 1.82) is 0 Å². The summed E-state index contributed by atoms with van der Waals surface area (Å²) in [5.41, 5.74) is 4.37. The highest BCUT2D eigenvalue weighted by atomic mass is 15.1. The fourth-order valence-corrected chi connectivity index (χ4v) is 2.94. The number of hydrogen-bond donors (Lipinski definition) is 1. The number of rotatable bonds is 7. The summed E-state index contributed by atoms with van der Waals surface area (Å²) in [5.74, 6) is 0. The van der Waals surface area contributed by atoms with Gasteiger partial charge in [-0.3, -0.25) is 0 Å². The molecule has 0 fully saturated rings. The van der Waals surface area contributed by atoms with E-state index in [2.05, 4.69) is 42.3 Å². The van der Waals surface area contributed by atoms with Gasteiger partial charge in [0.2, 0.25) is 0 Å². The van der Waals surface area contributed by atoms with E-state index in [1.165, 1.54) is 68.6 Å². The third-order valence-electron chi connectivity index (χ3n) is 3.90. The van der Waals surface area contributed by atoms with Gasteiger partial charge in [0.05, 0.1) is 0 Å². The molecule has 0 aliphatic carbocycles. The largest absolute Gasteiger partial charge is 0.385 e. The third kappa shape index (κ3) is 4.24. The summed E-state index contributed by atoms with van der Waals surface area (Å²) in [5, 5.41) is 3.48. The Balaban J connectivity index is 1.91. The Morgan fingerprint density at radius 1 is 1.11 bits per heavy atom. The van der Waals surface area contributed by atoms with Crippen LogP contribution in [0.4, 0.5) is 5.69 Å². The maximum atomic E-state index is 3.48. The number of nitrogens with zero attached hydrogens (tertiary/aromatic N) is 1. The molecule has 1 N–H and O–H groups in total. The quantitative estimate of drug-likeness (QED) is 0.804. The number of hydrogen-bond acceptors (Lipinski definition) is 2. The first-order valence-corrected chi connectivity index (χ1v) is 7.91. The average molecular weight is 260 g/mol. The van der Waals surface area contributed by atoms with Crippen LogP contribution in [0.25, 0.3) is 0 Å². The molecule has 0 saturated carbocycles. The fourth-order valence-electron chi connectivity index (χ4n) is 2.94. The highest BCUT2D eigenvalue weighted by Crippen LogP contribution is 2.23. The van der Waals surface area contributed by atoms with Crippen LogP contribution in [0.5, 0.6) is 0 Å². The summed E-state index contributed by atoms with van der Waals surface area (Å²) in [6.45, 7) is 9.35. The van der Waals surface area contributed by atoms with Crippen molar-refractivity contribution < 1.29 is 0 Å². The van der Waals surface area contributed by atoms with E-state index in [1.807, 2.05) is 0 Å². The van der Waals surface area contributed by atoms with Gasteiger partial charge in [0.1, 0.15) is 0 Å². The van der Waals surface area contributed by atoms with Gasteiger partial charge in [0.15, 0.2) is 0 Å². The molecule has 1 aliphatic heterocycles. The van der Waals surface area contributed by atoms with Crippen molar-refractivity contribution >= 4 is 5.69 Å². The number of aryl methyl sites for hydroxylation is 1. The predicted octanol–water partition coefficient (Wildman–Crippen LogP) is 3.71. The molecule has 1 aliphatic rings. The van der Waals surface area contributed by atoms with Crippen molar-refractivity contribution in [2.24, 2.45) is 0 Å². The van der Waals surface area contributed by atoms with E-state index >= 15 is 0 Å². The van der Waals surface area contributed by atoms with Crippen LogP contribution < -0.4 is 5.32 Å². The van der Waals surface area contributed by atoms with Crippen LogP contribution in [-0.4, -0.2) is 31.1 Å². The minimum Gasteiger partial charge on any atom is -0.385 e. The fraction of sp³-hybridized carbons (Fsp3) is 0.647. The van der Waals surface area contributed by atoms with Gasteiger partial charge < -0.3 is 10.2 Å². The van der Waals surface area contributed by atoms with Crippen LogP contribution >= 0.6 is 0 Å². The molecule has 0 spiro atoms. The van der Waals surface area contributed by atoms with Crippen molar-refractivity contribution in [2.45, 2.75) is 46.0 Å². The molecule has 0 saturated heterocycles. The molecule has 106 valence electrons. The Hall–Kier alpha value is -1.02. The topological polar surface area (TPSA) is 15.3 Å². The molecule has 0 bridgehead atoms. The standard InChI is InChI=1S/C17H28N2/c1-3-11-19(12-4-2)13-9-15-7-8-17-16(14-15)6-5-10-18-17/h7-8,14,18H,3-6,9-13H2,1-2H3. The molecule has 1 aromatic rings. The van der Waals surface area contributed by atoms with E-state index in [0.29, 0.717) is 0 Å². The summed E-state index contributed by atoms with van der Waals surface area (Å²) in [4.78, 5) is 2.59. The Morgan fingerprint density at radius 2 is 1.89 bits per heavy atom. The van der Waals surface area contributed by atoms with E-state index in [4.69, 9.17) is 0 Å². The molecule has 0 amide bonds. The Labute approximate surface area is 118 Å². The molecule has 2 nitrogen and oxygen atoms in total. The zero-order valence-electron chi connectivity index (χ0n) is 12.5. The van der Waals surface area contributed by atoms with E-state index in [9.17, 15) is 0 Å². The minimum absolute atomic E-state index is 1.13. The summed E-state index contributed by atoms with van der Waals surface area (Å²) in [7, 11) is 0. The monoisotopic (exact) mass is 260 g/mol. The molecule has 2 heteroatoms. The highest BCUT2D eigenvalue weighted by Gasteiger charge is 2.09. The smallest absolute Gasteiger partial charge is 0.0372 e. The molecule has 2 rings (SSSR count). The minimum atomic E-state index is 1.13. The van der Waals surface area contributed by atoms with Crippen LogP contribution in [0.15, 0.2) is 18.2 Å². The van der Waals surface area contributed by atoms with Gasteiger partial charge in [0.25, 0.3) is 0 Å². The maximum Gasteiger partial charge on any atom is 0.0372 e. The number of anilines is 1. The molecule has 19 heavy (non-hydrogen) atoms. The first-order valence-electron chi connectivity index (χ1n) is 7.91. The lowest BCUT2D eigenvalue weighted by molar-refractivity contribution is 0.278. The van der Waals surface area contributed by atoms with Gasteiger partial charge in [-0.15, -0.1) is 0 Å². The lowest BCUT2D eigenvalue weighted by Gasteiger charge is -2.22. The third-order valence-corrected chi connectivity index (χ3v) is 3.90. The molecule has 0 aromatic heterocycles. The van der Waals surface area contributed by atoms with Crippen LogP contribution in [0.2, 0.25) is 0 Å². The van der Waals surface area contributed by atoms with Crippen molar-refractivity contribution in [3.05, 3.63) is 29.3 Å². The lowest BCUT2D eigenvalue weighted by atomic mass is 9.99. The molecule has 0 atom stereocenters. The zero-order valence-corrected chi connectivity index (χ0v) is 12.5. The molecule has 0 unspecified atom stereocenters. The van der Waals surface area contributed by atoms with Crippen LogP contribution in [0.3, 0.4) is 0 Å².